The zero-order chi connectivity index (χ0) is 19.8. The molecule has 0 aliphatic carbocycles. The van der Waals surface area contributed by atoms with Gasteiger partial charge in [0, 0.05) is 49.6 Å². The molecule has 150 valence electrons. The van der Waals surface area contributed by atoms with Crippen molar-refractivity contribution in [2.45, 2.75) is 71.2 Å². The number of aliphatic hydroxyl groups is 1. The molecule has 1 atom stereocenters. The molecule has 0 spiro atoms. The predicted molar refractivity (Wildman–Crippen MR) is 107 cm³/mol. The Bertz CT molecular complexity index is 622. The first kappa shape index (κ1) is 20.5. The molecule has 27 heavy (non-hydrogen) atoms. The van der Waals surface area contributed by atoms with Gasteiger partial charge in [0.25, 0.3) is 0 Å². The zero-order valence-electron chi connectivity index (χ0n) is 17.5. The lowest BCUT2D eigenvalue weighted by Gasteiger charge is -2.33. The van der Waals surface area contributed by atoms with E-state index in [0.717, 1.165) is 37.5 Å². The summed E-state index contributed by atoms with van der Waals surface area (Å²) in [6, 6.07) is 0.658. The van der Waals surface area contributed by atoms with Crippen LogP contribution < -0.4 is 10.4 Å². The second-order valence-electron chi connectivity index (χ2n) is 8.87. The summed E-state index contributed by atoms with van der Waals surface area (Å²) in [6.07, 6.45) is 4.70. The molecule has 1 unspecified atom stereocenters. The number of hydrogen-bond donors (Lipinski definition) is 1. The zero-order valence-corrected chi connectivity index (χ0v) is 17.5. The van der Waals surface area contributed by atoms with Crippen LogP contribution in [0, 0.1) is 0 Å². The molecule has 0 saturated carbocycles. The highest BCUT2D eigenvalue weighted by Gasteiger charge is 2.52. The quantitative estimate of drug-likeness (QED) is 0.745. The Hall–Kier alpha value is -1.22. The SMILES string of the molecule is CC(C)N(c1ncc(B2OC(C)(C)C(C)(C)O2)cn1)C1CCN(CCO)C1. The number of aromatic nitrogens is 2. The maximum Gasteiger partial charge on any atom is 0.498 e. The number of nitrogens with zero attached hydrogens (tertiary/aromatic N) is 4. The summed E-state index contributed by atoms with van der Waals surface area (Å²) in [5.41, 5.74) is 0.0927. The molecule has 0 amide bonds. The Kier molecular flexibility index (Phi) is 5.82. The van der Waals surface area contributed by atoms with Crippen molar-refractivity contribution in [2.24, 2.45) is 0 Å². The van der Waals surface area contributed by atoms with Gasteiger partial charge in [-0.05, 0) is 48.0 Å². The van der Waals surface area contributed by atoms with E-state index < -0.39 is 7.12 Å². The summed E-state index contributed by atoms with van der Waals surface area (Å²) >= 11 is 0. The first-order valence-electron chi connectivity index (χ1n) is 9.94. The molecular formula is C19H33BN4O3. The van der Waals surface area contributed by atoms with E-state index in [1.807, 2.05) is 40.1 Å². The van der Waals surface area contributed by atoms with Crippen LogP contribution in [0.25, 0.3) is 0 Å². The second kappa shape index (κ2) is 7.66. The number of β-amino-alcohol motifs (C(OH)–C–C–N with tert-alkyl or cyclic N) is 1. The van der Waals surface area contributed by atoms with Crippen LogP contribution >= 0.6 is 0 Å². The summed E-state index contributed by atoms with van der Waals surface area (Å²) in [5.74, 6) is 0.737. The van der Waals surface area contributed by atoms with Crippen molar-refractivity contribution in [2.75, 3.05) is 31.1 Å². The fraction of sp³-hybridized carbons (Fsp3) is 0.789. The lowest BCUT2D eigenvalue weighted by Crippen LogP contribution is -2.44. The summed E-state index contributed by atoms with van der Waals surface area (Å²) in [6.45, 7) is 15.4. The molecule has 0 aromatic carbocycles. The van der Waals surface area contributed by atoms with Crippen LogP contribution in [-0.4, -0.2) is 76.6 Å². The lowest BCUT2D eigenvalue weighted by molar-refractivity contribution is 0.00578. The molecule has 2 fully saturated rings. The van der Waals surface area contributed by atoms with Gasteiger partial charge in [-0.1, -0.05) is 0 Å². The molecule has 1 N–H and O–H groups in total. The molecule has 2 aliphatic heterocycles. The molecule has 1 aromatic heterocycles. The minimum atomic E-state index is -0.442. The van der Waals surface area contributed by atoms with E-state index in [4.69, 9.17) is 9.31 Å². The lowest BCUT2D eigenvalue weighted by atomic mass is 9.81. The molecule has 7 nitrogen and oxygen atoms in total. The summed E-state index contributed by atoms with van der Waals surface area (Å²) in [5, 5.41) is 9.18. The van der Waals surface area contributed by atoms with E-state index in [-0.39, 0.29) is 17.8 Å². The van der Waals surface area contributed by atoms with Crippen molar-refractivity contribution in [1.29, 1.82) is 0 Å². The van der Waals surface area contributed by atoms with Gasteiger partial charge in [0.15, 0.2) is 0 Å². The Balaban J connectivity index is 1.73. The number of rotatable bonds is 6. The molecule has 8 heteroatoms. The van der Waals surface area contributed by atoms with Crippen molar-refractivity contribution in [3.8, 4) is 0 Å². The maximum absolute atomic E-state index is 9.18. The van der Waals surface area contributed by atoms with Crippen LogP contribution in [0.1, 0.15) is 48.0 Å². The topological polar surface area (TPSA) is 71.0 Å². The van der Waals surface area contributed by atoms with Crippen molar-refractivity contribution >= 4 is 18.5 Å². The van der Waals surface area contributed by atoms with Crippen LogP contribution in [0.5, 0.6) is 0 Å². The number of anilines is 1. The minimum Gasteiger partial charge on any atom is -0.399 e. The van der Waals surface area contributed by atoms with E-state index in [9.17, 15) is 5.11 Å². The minimum absolute atomic E-state index is 0.202. The number of aliphatic hydroxyl groups excluding tert-OH is 1. The van der Waals surface area contributed by atoms with Crippen LogP contribution in [0.15, 0.2) is 12.4 Å². The molecule has 1 aromatic rings. The highest BCUT2D eigenvalue weighted by molar-refractivity contribution is 6.61. The normalized spacial score (nSPS) is 24.7. The smallest absolute Gasteiger partial charge is 0.399 e. The molecule has 3 rings (SSSR count). The largest absolute Gasteiger partial charge is 0.498 e. The standard InChI is InChI=1S/C19H33BN4O3/c1-14(2)24(16-7-8-23(13-16)9-10-25)17-21-11-15(12-22-17)20-26-18(3,4)19(5,6)27-20/h11-12,14,16,25H,7-10,13H2,1-6H3. The molecular weight excluding hydrogens is 343 g/mol. The van der Waals surface area contributed by atoms with Crippen LogP contribution in [-0.2, 0) is 9.31 Å². The van der Waals surface area contributed by atoms with Crippen molar-refractivity contribution in [3.05, 3.63) is 12.4 Å². The van der Waals surface area contributed by atoms with Crippen molar-refractivity contribution in [3.63, 3.8) is 0 Å². The van der Waals surface area contributed by atoms with E-state index in [0.29, 0.717) is 12.1 Å². The van der Waals surface area contributed by atoms with Gasteiger partial charge in [-0.25, -0.2) is 9.97 Å². The first-order valence-corrected chi connectivity index (χ1v) is 9.94. The van der Waals surface area contributed by atoms with Crippen molar-refractivity contribution < 1.29 is 14.4 Å². The maximum atomic E-state index is 9.18. The fourth-order valence-corrected chi connectivity index (χ4v) is 3.77. The molecule has 0 radical (unpaired) electrons. The third-order valence-corrected chi connectivity index (χ3v) is 6.03. The van der Waals surface area contributed by atoms with E-state index in [1.165, 1.54) is 0 Å². The Morgan fingerprint density at radius 2 is 1.81 bits per heavy atom. The predicted octanol–water partition coefficient (Wildman–Crippen LogP) is 1.06. The third-order valence-electron chi connectivity index (χ3n) is 6.03. The van der Waals surface area contributed by atoms with Gasteiger partial charge in [0.1, 0.15) is 0 Å². The molecule has 3 heterocycles. The molecule has 2 saturated heterocycles. The highest BCUT2D eigenvalue weighted by Crippen LogP contribution is 2.36. The van der Waals surface area contributed by atoms with Gasteiger partial charge >= 0.3 is 7.12 Å². The summed E-state index contributed by atoms with van der Waals surface area (Å²) in [7, 11) is -0.442. The Morgan fingerprint density at radius 1 is 1.22 bits per heavy atom. The average Bonchev–Trinajstić information content (AvgIpc) is 3.10. The van der Waals surface area contributed by atoms with Gasteiger partial charge in [-0.2, -0.15) is 0 Å². The number of likely N-dealkylation sites (tertiary alicyclic amines) is 1. The van der Waals surface area contributed by atoms with Crippen LogP contribution in [0.3, 0.4) is 0 Å². The summed E-state index contributed by atoms with van der Waals surface area (Å²) < 4.78 is 12.2. The van der Waals surface area contributed by atoms with Gasteiger partial charge in [0.05, 0.1) is 17.8 Å². The van der Waals surface area contributed by atoms with Crippen LogP contribution in [0.2, 0.25) is 0 Å². The van der Waals surface area contributed by atoms with Gasteiger partial charge in [-0.15, -0.1) is 0 Å². The summed E-state index contributed by atoms with van der Waals surface area (Å²) in [4.78, 5) is 13.9. The highest BCUT2D eigenvalue weighted by atomic mass is 16.7. The average molecular weight is 376 g/mol. The second-order valence-corrected chi connectivity index (χ2v) is 8.87. The Morgan fingerprint density at radius 3 is 2.33 bits per heavy atom. The van der Waals surface area contributed by atoms with E-state index in [2.05, 4.69) is 33.6 Å². The van der Waals surface area contributed by atoms with E-state index >= 15 is 0 Å². The van der Waals surface area contributed by atoms with Crippen LogP contribution in [0.4, 0.5) is 5.95 Å². The first-order chi connectivity index (χ1) is 12.6. The van der Waals surface area contributed by atoms with Gasteiger partial charge in [-0.3, -0.25) is 4.90 Å². The third kappa shape index (κ3) is 4.13. The fourth-order valence-electron chi connectivity index (χ4n) is 3.77. The molecule has 2 aliphatic rings. The molecule has 0 bridgehead atoms. The Labute approximate surface area is 163 Å². The van der Waals surface area contributed by atoms with E-state index in [1.54, 1.807) is 0 Å². The van der Waals surface area contributed by atoms with Gasteiger partial charge in [0.2, 0.25) is 5.95 Å². The monoisotopic (exact) mass is 376 g/mol. The number of hydrogen-bond acceptors (Lipinski definition) is 7. The van der Waals surface area contributed by atoms with Crippen molar-refractivity contribution in [1.82, 2.24) is 14.9 Å². The van der Waals surface area contributed by atoms with Gasteiger partial charge < -0.3 is 19.3 Å².